The number of rotatable bonds is 4. The van der Waals surface area contributed by atoms with E-state index in [0.29, 0.717) is 21.4 Å². The topological polar surface area (TPSA) is 87.6 Å². The molecule has 122 valence electrons. The van der Waals surface area contributed by atoms with E-state index in [0.717, 1.165) is 11.3 Å². The quantitative estimate of drug-likeness (QED) is 0.562. The van der Waals surface area contributed by atoms with Crippen LogP contribution in [0.15, 0.2) is 47.5 Å². The molecule has 24 heavy (non-hydrogen) atoms. The van der Waals surface area contributed by atoms with Crippen LogP contribution in [0.2, 0.25) is 0 Å². The molecule has 3 N–H and O–H groups in total. The highest BCUT2D eigenvalue weighted by molar-refractivity contribution is 7.18. The summed E-state index contributed by atoms with van der Waals surface area (Å²) in [4.78, 5) is 6.38. The molecule has 0 saturated heterocycles. The van der Waals surface area contributed by atoms with E-state index in [9.17, 15) is 5.11 Å². The highest BCUT2D eigenvalue weighted by Gasteiger charge is 2.10. The zero-order valence-electron chi connectivity index (χ0n) is 13.3. The Bertz CT molecular complexity index is 871. The lowest BCUT2D eigenvalue weighted by molar-refractivity contribution is 0.477. The highest BCUT2D eigenvalue weighted by Crippen LogP contribution is 2.34. The predicted octanol–water partition coefficient (Wildman–Crippen LogP) is 3.31. The van der Waals surface area contributed by atoms with Crippen molar-refractivity contribution in [3.63, 3.8) is 0 Å². The Morgan fingerprint density at radius 2 is 1.88 bits per heavy atom. The summed E-state index contributed by atoms with van der Waals surface area (Å²) in [5, 5.41) is 19.2. The number of phenols is 1. The number of aromatic hydroxyl groups is 1. The largest absolute Gasteiger partial charge is 0.507 e. The number of benzene rings is 2. The molecular weight excluding hydrogens is 322 g/mol. The number of aromatic nitrogens is 2. The normalized spacial score (nSPS) is 11.1. The maximum Gasteiger partial charge on any atom is 0.231 e. The lowest BCUT2D eigenvalue weighted by Crippen LogP contribution is -2.08. The summed E-state index contributed by atoms with van der Waals surface area (Å²) in [5.74, 6) is 0.0842. The van der Waals surface area contributed by atoms with Crippen LogP contribution in [0, 0.1) is 0 Å². The molecule has 1 heterocycles. The van der Waals surface area contributed by atoms with E-state index in [-0.39, 0.29) is 5.75 Å². The molecule has 0 amide bonds. The second-order valence-corrected chi connectivity index (χ2v) is 6.37. The van der Waals surface area contributed by atoms with Gasteiger partial charge >= 0.3 is 0 Å². The van der Waals surface area contributed by atoms with Crippen LogP contribution in [0.3, 0.4) is 0 Å². The summed E-state index contributed by atoms with van der Waals surface area (Å²) in [6, 6.07) is 13.0. The molecule has 0 bridgehead atoms. The smallest absolute Gasteiger partial charge is 0.231 e. The average Bonchev–Trinajstić information content (AvgIpc) is 3.02. The number of phenolic OH excluding ortho intramolecular Hbond substituents is 1. The van der Waals surface area contributed by atoms with Gasteiger partial charge in [-0.1, -0.05) is 23.5 Å². The molecule has 1 aromatic heterocycles. The van der Waals surface area contributed by atoms with Crippen LogP contribution in [-0.4, -0.2) is 35.6 Å². The van der Waals surface area contributed by atoms with Gasteiger partial charge in [0.25, 0.3) is 0 Å². The summed E-state index contributed by atoms with van der Waals surface area (Å²) in [5.41, 5.74) is 8.84. The molecule has 0 unspecified atom stereocenters. The van der Waals surface area contributed by atoms with Gasteiger partial charge in [-0.3, -0.25) is 0 Å². The maximum absolute atomic E-state index is 9.95. The third-order valence-corrected chi connectivity index (χ3v) is 4.26. The van der Waals surface area contributed by atoms with Crippen LogP contribution in [0.4, 0.5) is 16.5 Å². The molecular formula is C17H17N5OS. The van der Waals surface area contributed by atoms with Gasteiger partial charge in [-0.05, 0) is 29.8 Å². The first-order valence-corrected chi connectivity index (χ1v) is 8.08. The molecule has 0 saturated carbocycles. The summed E-state index contributed by atoms with van der Waals surface area (Å²) >= 11 is 1.30. The van der Waals surface area contributed by atoms with Crippen LogP contribution >= 0.6 is 11.3 Å². The molecule has 0 aliphatic carbocycles. The Labute approximate surface area is 143 Å². The average molecular weight is 339 g/mol. The number of nitrogens with two attached hydrogens (primary N) is 1. The van der Waals surface area contributed by atoms with E-state index < -0.39 is 0 Å². The number of anilines is 2. The van der Waals surface area contributed by atoms with Gasteiger partial charge in [0.1, 0.15) is 5.75 Å². The summed E-state index contributed by atoms with van der Waals surface area (Å²) in [7, 11) is 4.00. The minimum absolute atomic E-state index is 0.0842. The van der Waals surface area contributed by atoms with Gasteiger partial charge < -0.3 is 15.7 Å². The summed E-state index contributed by atoms with van der Waals surface area (Å²) in [6.45, 7) is 0. The lowest BCUT2D eigenvalue weighted by Gasteiger charge is -2.11. The molecule has 3 rings (SSSR count). The van der Waals surface area contributed by atoms with Crippen molar-refractivity contribution < 1.29 is 5.11 Å². The third-order valence-electron chi connectivity index (χ3n) is 3.40. The van der Waals surface area contributed by atoms with Crippen LogP contribution < -0.4 is 10.6 Å². The van der Waals surface area contributed by atoms with E-state index in [1.165, 1.54) is 17.4 Å². The van der Waals surface area contributed by atoms with E-state index in [4.69, 9.17) is 5.73 Å². The maximum atomic E-state index is 9.95. The molecule has 0 atom stereocenters. The van der Waals surface area contributed by atoms with Crippen molar-refractivity contribution in [1.82, 2.24) is 10.2 Å². The molecule has 0 aliphatic heterocycles. The third kappa shape index (κ3) is 3.52. The number of hydrogen-bond acceptors (Lipinski definition) is 7. The lowest BCUT2D eigenvalue weighted by atomic mass is 10.2. The molecule has 0 aliphatic rings. The van der Waals surface area contributed by atoms with Crippen molar-refractivity contribution in [3.05, 3.63) is 48.0 Å². The van der Waals surface area contributed by atoms with Crippen molar-refractivity contribution in [2.24, 2.45) is 4.99 Å². The van der Waals surface area contributed by atoms with Crippen molar-refractivity contribution in [2.75, 3.05) is 24.7 Å². The van der Waals surface area contributed by atoms with E-state index in [1.807, 2.05) is 43.3 Å². The first-order chi connectivity index (χ1) is 11.5. The van der Waals surface area contributed by atoms with Crippen LogP contribution in [-0.2, 0) is 0 Å². The van der Waals surface area contributed by atoms with Gasteiger partial charge in [-0.25, -0.2) is 4.99 Å². The second kappa shape index (κ2) is 6.67. The fourth-order valence-corrected chi connectivity index (χ4v) is 2.82. The Kier molecular flexibility index (Phi) is 4.43. The fraction of sp³-hybridized carbons (Fsp3) is 0.118. The van der Waals surface area contributed by atoms with Gasteiger partial charge in [0.15, 0.2) is 5.01 Å². The van der Waals surface area contributed by atoms with Crippen LogP contribution in [0.1, 0.15) is 5.56 Å². The van der Waals surface area contributed by atoms with Gasteiger partial charge in [0.2, 0.25) is 5.13 Å². The van der Waals surface area contributed by atoms with Crippen molar-refractivity contribution in [2.45, 2.75) is 0 Å². The molecule has 7 heteroatoms. The number of aliphatic imine (C=N–C) groups is 1. The zero-order valence-corrected chi connectivity index (χ0v) is 14.2. The summed E-state index contributed by atoms with van der Waals surface area (Å²) in [6.07, 6.45) is 1.74. The van der Waals surface area contributed by atoms with Gasteiger partial charge in [-0.15, -0.1) is 10.2 Å². The SMILES string of the molecule is CN(C)c1ccc(/C=N/c2nnc(-c3ccc(N)cc3O)s2)cc1. The molecule has 3 aromatic rings. The molecule has 2 aromatic carbocycles. The predicted molar refractivity (Wildman–Crippen MR) is 99.4 cm³/mol. The van der Waals surface area contributed by atoms with E-state index >= 15 is 0 Å². The minimum atomic E-state index is 0.0842. The number of hydrogen-bond donors (Lipinski definition) is 2. The Balaban J connectivity index is 1.78. The Morgan fingerprint density at radius 3 is 2.54 bits per heavy atom. The molecule has 0 fully saturated rings. The standard InChI is InChI=1S/C17H17N5OS/c1-22(2)13-6-3-11(4-7-13)10-19-17-21-20-16(24-17)14-8-5-12(18)9-15(14)23/h3-10,23H,18H2,1-2H3/b19-10+. The molecule has 0 spiro atoms. The van der Waals surface area contributed by atoms with Gasteiger partial charge in [-0.2, -0.15) is 0 Å². The Hall–Kier alpha value is -2.93. The van der Waals surface area contributed by atoms with E-state index in [1.54, 1.807) is 18.3 Å². The van der Waals surface area contributed by atoms with Crippen molar-refractivity contribution in [3.8, 4) is 16.3 Å². The highest BCUT2D eigenvalue weighted by atomic mass is 32.1. The van der Waals surface area contributed by atoms with Crippen LogP contribution in [0.25, 0.3) is 10.6 Å². The molecule has 6 nitrogen and oxygen atoms in total. The fourth-order valence-electron chi connectivity index (χ4n) is 2.09. The monoisotopic (exact) mass is 339 g/mol. The van der Waals surface area contributed by atoms with Gasteiger partial charge in [0.05, 0.1) is 5.56 Å². The number of nitrogens with zero attached hydrogens (tertiary/aromatic N) is 4. The van der Waals surface area contributed by atoms with E-state index in [2.05, 4.69) is 15.2 Å². The van der Waals surface area contributed by atoms with Crippen LogP contribution in [0.5, 0.6) is 5.75 Å². The van der Waals surface area contributed by atoms with Crippen molar-refractivity contribution >= 4 is 34.1 Å². The van der Waals surface area contributed by atoms with Crippen molar-refractivity contribution in [1.29, 1.82) is 0 Å². The minimum Gasteiger partial charge on any atom is -0.507 e. The Morgan fingerprint density at radius 1 is 1.12 bits per heavy atom. The van der Waals surface area contributed by atoms with Gasteiger partial charge in [0, 0.05) is 37.8 Å². The summed E-state index contributed by atoms with van der Waals surface area (Å²) < 4.78 is 0. The number of nitrogen functional groups attached to an aromatic ring is 1. The molecule has 0 radical (unpaired) electrons. The first-order valence-electron chi connectivity index (χ1n) is 7.27. The zero-order chi connectivity index (χ0) is 17.1. The second-order valence-electron chi connectivity index (χ2n) is 5.41. The first kappa shape index (κ1) is 15.9.